The van der Waals surface area contributed by atoms with Crippen LogP contribution in [0.1, 0.15) is 18.1 Å². The van der Waals surface area contributed by atoms with Crippen molar-refractivity contribution in [2.45, 2.75) is 13.3 Å². The van der Waals surface area contributed by atoms with Crippen molar-refractivity contribution < 1.29 is 65.4 Å². The topological polar surface area (TPSA) is 0 Å². The first kappa shape index (κ1) is 19.0. The van der Waals surface area contributed by atoms with Gasteiger partial charge in [0.15, 0.2) is 0 Å². The van der Waals surface area contributed by atoms with Crippen LogP contribution in [0.25, 0.3) is 0 Å². The molecule has 1 rings (SSSR count). The Morgan fingerprint density at radius 1 is 1.08 bits per heavy atom. The summed E-state index contributed by atoms with van der Waals surface area (Å²) in [6.07, 6.45) is 1.11. The first-order valence-corrected chi connectivity index (χ1v) is 3.24. The zero-order valence-corrected chi connectivity index (χ0v) is 13.6. The number of hydrogen-bond acceptors (Lipinski definition) is 0. The largest absolute Gasteiger partial charge is 0.358 e. The number of rotatable bonds is 1. The van der Waals surface area contributed by atoms with Gasteiger partial charge in [-0.3, -0.25) is 0 Å². The molecule has 2 radical (unpaired) electrons. The Bertz CT molecular complexity index is 180. The van der Waals surface area contributed by atoms with Crippen molar-refractivity contribution in [3.8, 4) is 0 Å². The van der Waals surface area contributed by atoms with Crippen molar-refractivity contribution in [3.63, 3.8) is 0 Å². The average Bonchev–Trinajstić information content (AvgIpc) is 1.90. The van der Waals surface area contributed by atoms with Crippen LogP contribution < -0.4 is 0 Å². The fraction of sp³-hybridized carbons (Fsp3) is 0.200. The van der Waals surface area contributed by atoms with Crippen molar-refractivity contribution in [1.82, 2.24) is 0 Å². The maximum Gasteiger partial charge on any atom is 0 e. The van der Waals surface area contributed by atoms with Crippen LogP contribution in [0.15, 0.2) is 24.3 Å². The summed E-state index contributed by atoms with van der Waals surface area (Å²) in [6.45, 7) is 5.95. The zero-order chi connectivity index (χ0) is 6.69. The van der Waals surface area contributed by atoms with Crippen molar-refractivity contribution in [1.29, 1.82) is 0 Å². The van der Waals surface area contributed by atoms with Gasteiger partial charge in [0.05, 0.1) is 0 Å². The molecule has 0 saturated heterocycles. The zero-order valence-electron chi connectivity index (χ0n) is 7.88. The van der Waals surface area contributed by atoms with Gasteiger partial charge in [-0.1, -0.05) is 12.5 Å². The van der Waals surface area contributed by atoms with E-state index in [9.17, 15) is 0 Å². The molecule has 1 aromatic carbocycles. The van der Waals surface area contributed by atoms with Gasteiger partial charge in [-0.05, 0) is 6.42 Å². The van der Waals surface area contributed by atoms with Crippen LogP contribution in [0.3, 0.4) is 0 Å². The summed E-state index contributed by atoms with van der Waals surface area (Å²) >= 11 is 0. The molecule has 0 unspecified atom stereocenters. The van der Waals surface area contributed by atoms with Gasteiger partial charge in [-0.2, -0.15) is 24.6 Å². The van der Waals surface area contributed by atoms with E-state index >= 15 is 0 Å². The van der Waals surface area contributed by atoms with Gasteiger partial charge in [0, 0.05) is 65.4 Å². The molecule has 62 valence electrons. The average molecular weight is 312 g/mol. The van der Waals surface area contributed by atoms with E-state index in [2.05, 4.69) is 26.0 Å². The van der Waals surface area contributed by atoms with Crippen LogP contribution in [-0.2, 0) is 71.8 Å². The van der Waals surface area contributed by atoms with Gasteiger partial charge in [0.25, 0.3) is 0 Å². The van der Waals surface area contributed by atoms with Crippen molar-refractivity contribution >= 4 is 0 Å². The second-order valence-electron chi connectivity index (χ2n) is 2.17. The quantitative estimate of drug-likeness (QED) is 0.700. The molecule has 0 spiro atoms. The molecule has 0 N–H and O–H groups in total. The Hall–Kier alpha value is 1.30. The van der Waals surface area contributed by atoms with E-state index in [1.807, 2.05) is 12.1 Å². The van der Waals surface area contributed by atoms with Gasteiger partial charge in [0.2, 0.25) is 0 Å². The van der Waals surface area contributed by atoms with Crippen molar-refractivity contribution in [3.05, 3.63) is 49.7 Å². The minimum absolute atomic E-state index is 0. The molecule has 0 aliphatic rings. The van der Waals surface area contributed by atoms with Crippen LogP contribution in [0.2, 0.25) is 0 Å². The summed E-state index contributed by atoms with van der Waals surface area (Å²) in [5.74, 6) is 0. The maximum atomic E-state index is 3.80. The van der Waals surface area contributed by atoms with E-state index in [1.54, 1.807) is 0 Å². The summed E-state index contributed by atoms with van der Waals surface area (Å²) in [4.78, 5) is 0. The number of benzene rings is 1. The fourth-order valence-corrected chi connectivity index (χ4v) is 0.775. The normalized spacial score (nSPS) is 7.08. The predicted molar refractivity (Wildman–Crippen MR) is 46.7 cm³/mol. The first-order chi connectivity index (χ1) is 4.33. The van der Waals surface area contributed by atoms with E-state index < -0.39 is 0 Å². The van der Waals surface area contributed by atoms with E-state index in [-0.39, 0.29) is 72.8 Å². The summed E-state index contributed by atoms with van der Waals surface area (Å²) in [5.41, 5.74) is 2.47. The summed E-state index contributed by atoms with van der Waals surface area (Å²) in [7, 11) is 0. The molecule has 0 nitrogen and oxygen atoms in total. The van der Waals surface area contributed by atoms with Crippen molar-refractivity contribution in [2.24, 2.45) is 0 Å². The summed E-state index contributed by atoms with van der Waals surface area (Å²) in [6, 6.07) is 8.31. The third kappa shape index (κ3) is 6.78. The second-order valence-corrected chi connectivity index (χ2v) is 2.17. The number of hydrogen-bond donors (Lipinski definition) is 0. The Kier molecular flexibility index (Phi) is 16.4. The van der Waals surface area contributed by atoms with Gasteiger partial charge < -0.3 is 7.43 Å². The van der Waals surface area contributed by atoms with Crippen LogP contribution in [0, 0.1) is 14.4 Å². The molecule has 1 aromatic rings. The van der Waals surface area contributed by atoms with E-state index in [0.29, 0.717) is 0 Å². The molecule has 12 heavy (non-hydrogen) atoms. The molecular weight excluding hydrogens is 298 g/mol. The number of aryl methyl sites for hydroxylation is 1. The van der Waals surface area contributed by atoms with E-state index in [1.165, 1.54) is 5.56 Å². The minimum Gasteiger partial charge on any atom is -0.358 e. The summed E-state index contributed by atoms with van der Waals surface area (Å²) < 4.78 is 0. The standard InChI is InChI=1S/C9H11.CH3.2Y/c1-3-9-6-4-8(2)5-7-9;;;/h4-7H,2-3H2,1H3;1H3;;/q2*-1;;. The SMILES string of the molecule is [CH2-]c1ccc(CC)cc1.[CH3-].[Y].[Y]. The third-order valence-corrected chi connectivity index (χ3v) is 1.43. The van der Waals surface area contributed by atoms with Crippen LogP contribution in [-0.4, -0.2) is 0 Å². The van der Waals surface area contributed by atoms with Crippen LogP contribution in [0.4, 0.5) is 0 Å². The Balaban J connectivity index is -0.000000270. The molecule has 2 heteroatoms. The third-order valence-electron chi connectivity index (χ3n) is 1.43. The fourth-order valence-electron chi connectivity index (χ4n) is 0.775. The van der Waals surface area contributed by atoms with Gasteiger partial charge >= 0.3 is 0 Å². The second kappa shape index (κ2) is 10.4. The molecular formula is C10H14Y2-2. The molecule has 0 saturated carbocycles. The molecule has 0 bridgehead atoms. The first-order valence-electron chi connectivity index (χ1n) is 3.24. The molecule has 0 fully saturated rings. The Morgan fingerprint density at radius 3 is 1.83 bits per heavy atom. The molecule has 0 atom stereocenters. The molecule has 0 heterocycles. The van der Waals surface area contributed by atoms with Crippen LogP contribution in [0.5, 0.6) is 0 Å². The minimum atomic E-state index is 0. The van der Waals surface area contributed by atoms with Crippen LogP contribution >= 0.6 is 0 Å². The predicted octanol–water partition coefficient (Wildman–Crippen LogP) is 2.88. The van der Waals surface area contributed by atoms with Gasteiger partial charge in [0.1, 0.15) is 0 Å². The van der Waals surface area contributed by atoms with E-state index in [4.69, 9.17) is 0 Å². The van der Waals surface area contributed by atoms with Crippen molar-refractivity contribution in [2.75, 3.05) is 0 Å². The molecule has 0 aromatic heterocycles. The van der Waals surface area contributed by atoms with Gasteiger partial charge in [-0.25, -0.2) is 0 Å². The Labute approximate surface area is 127 Å². The summed E-state index contributed by atoms with van der Waals surface area (Å²) in [5, 5.41) is 0. The van der Waals surface area contributed by atoms with E-state index in [0.717, 1.165) is 12.0 Å². The molecule has 0 aliphatic heterocycles. The Morgan fingerprint density at radius 2 is 1.50 bits per heavy atom. The molecule has 0 aliphatic carbocycles. The maximum absolute atomic E-state index is 3.80. The molecule has 0 amide bonds. The monoisotopic (exact) mass is 312 g/mol. The smallest absolute Gasteiger partial charge is 0 e. The van der Waals surface area contributed by atoms with Gasteiger partial charge in [-0.15, -0.1) is 12.1 Å².